The standard InChI is InChI=1S/C25H18Cl2N4O4S2/c1-14(23(32)30-25-29-22(13-36-25)20-11-4-16(26)12-21(20)27)37-19-9-5-17(6-10-19)28-24(33)15-2-7-18(8-3-15)31(34)35/h2-14H,1H3,(H,28,33)(H,29,30,32). The summed E-state index contributed by atoms with van der Waals surface area (Å²) in [5.41, 5.74) is 2.15. The number of nitro groups is 1. The molecule has 1 unspecified atom stereocenters. The van der Waals surface area contributed by atoms with Gasteiger partial charge in [0, 0.05) is 44.2 Å². The van der Waals surface area contributed by atoms with E-state index in [1.54, 1.807) is 49.4 Å². The van der Waals surface area contributed by atoms with Crippen LogP contribution in [-0.2, 0) is 4.79 Å². The zero-order valence-corrected chi connectivity index (χ0v) is 22.3. The van der Waals surface area contributed by atoms with Crippen molar-refractivity contribution in [2.45, 2.75) is 17.1 Å². The highest BCUT2D eigenvalue weighted by Gasteiger charge is 2.17. The maximum atomic E-state index is 12.7. The van der Waals surface area contributed by atoms with E-state index in [1.807, 2.05) is 5.38 Å². The zero-order valence-electron chi connectivity index (χ0n) is 19.1. The summed E-state index contributed by atoms with van der Waals surface area (Å²) >= 11 is 14.9. The van der Waals surface area contributed by atoms with E-state index in [1.165, 1.54) is 47.4 Å². The number of nitrogens with zero attached hydrogens (tertiary/aromatic N) is 2. The summed E-state index contributed by atoms with van der Waals surface area (Å²) in [7, 11) is 0. The molecule has 37 heavy (non-hydrogen) atoms. The van der Waals surface area contributed by atoms with E-state index in [4.69, 9.17) is 23.2 Å². The second-order valence-electron chi connectivity index (χ2n) is 7.69. The lowest BCUT2D eigenvalue weighted by Gasteiger charge is -2.11. The number of benzene rings is 3. The fourth-order valence-electron chi connectivity index (χ4n) is 3.17. The number of non-ortho nitro benzene ring substituents is 1. The molecule has 0 spiro atoms. The normalized spacial score (nSPS) is 11.5. The fourth-order valence-corrected chi connectivity index (χ4v) is 5.26. The highest BCUT2D eigenvalue weighted by Crippen LogP contribution is 2.33. The topological polar surface area (TPSA) is 114 Å². The van der Waals surface area contributed by atoms with Gasteiger partial charge < -0.3 is 10.6 Å². The first-order chi connectivity index (χ1) is 17.7. The van der Waals surface area contributed by atoms with E-state index < -0.39 is 10.2 Å². The van der Waals surface area contributed by atoms with E-state index in [-0.39, 0.29) is 17.5 Å². The molecule has 0 fully saturated rings. The average molecular weight is 573 g/mol. The molecule has 0 radical (unpaired) electrons. The molecule has 188 valence electrons. The van der Waals surface area contributed by atoms with Gasteiger partial charge in [-0.25, -0.2) is 4.98 Å². The van der Waals surface area contributed by atoms with Crippen LogP contribution in [0.15, 0.2) is 77.0 Å². The predicted molar refractivity (Wildman–Crippen MR) is 149 cm³/mol. The molecule has 2 N–H and O–H groups in total. The maximum absolute atomic E-state index is 12.7. The van der Waals surface area contributed by atoms with Gasteiger partial charge in [-0.1, -0.05) is 23.2 Å². The number of rotatable bonds is 8. The van der Waals surface area contributed by atoms with Crippen molar-refractivity contribution in [1.82, 2.24) is 4.98 Å². The Morgan fingerprint density at radius 3 is 2.38 bits per heavy atom. The Bertz CT molecular complexity index is 1460. The van der Waals surface area contributed by atoms with Crippen molar-refractivity contribution in [3.05, 3.63) is 97.8 Å². The van der Waals surface area contributed by atoms with Crippen LogP contribution in [0.3, 0.4) is 0 Å². The van der Waals surface area contributed by atoms with E-state index >= 15 is 0 Å². The molecule has 1 heterocycles. The van der Waals surface area contributed by atoms with Gasteiger partial charge in [0.05, 0.1) is 20.9 Å². The first-order valence-electron chi connectivity index (χ1n) is 10.7. The molecule has 1 aromatic heterocycles. The molecule has 8 nitrogen and oxygen atoms in total. The molecular formula is C25H18Cl2N4O4S2. The number of thioether (sulfide) groups is 1. The Hall–Kier alpha value is -3.44. The number of nitro benzene ring substituents is 1. The number of thiazole rings is 1. The first kappa shape index (κ1) is 26.6. The smallest absolute Gasteiger partial charge is 0.269 e. The van der Waals surface area contributed by atoms with Gasteiger partial charge in [-0.3, -0.25) is 19.7 Å². The van der Waals surface area contributed by atoms with Crippen LogP contribution in [0.5, 0.6) is 0 Å². The number of hydrogen-bond donors (Lipinski definition) is 2. The van der Waals surface area contributed by atoms with Gasteiger partial charge in [-0.15, -0.1) is 23.1 Å². The molecule has 4 aromatic rings. The van der Waals surface area contributed by atoms with Gasteiger partial charge in [0.2, 0.25) is 5.91 Å². The first-order valence-corrected chi connectivity index (χ1v) is 13.3. The number of amides is 2. The molecule has 0 saturated heterocycles. The van der Waals surface area contributed by atoms with Crippen molar-refractivity contribution in [2.75, 3.05) is 10.6 Å². The largest absolute Gasteiger partial charge is 0.322 e. The second kappa shape index (κ2) is 11.7. The summed E-state index contributed by atoms with van der Waals surface area (Å²) in [4.78, 5) is 40.6. The minimum Gasteiger partial charge on any atom is -0.322 e. The van der Waals surface area contributed by atoms with Crippen LogP contribution in [0.2, 0.25) is 10.0 Å². The van der Waals surface area contributed by atoms with Crippen LogP contribution in [0.4, 0.5) is 16.5 Å². The van der Waals surface area contributed by atoms with Gasteiger partial charge in [-0.05, 0) is 61.5 Å². The van der Waals surface area contributed by atoms with Crippen molar-refractivity contribution >= 4 is 74.6 Å². The number of aromatic nitrogens is 1. The third-order valence-electron chi connectivity index (χ3n) is 5.08. The minimum absolute atomic E-state index is 0.0858. The van der Waals surface area contributed by atoms with Crippen LogP contribution in [0.25, 0.3) is 11.3 Å². The van der Waals surface area contributed by atoms with Crippen molar-refractivity contribution in [3.8, 4) is 11.3 Å². The highest BCUT2D eigenvalue weighted by molar-refractivity contribution is 8.00. The number of nitrogens with one attached hydrogen (secondary N) is 2. The van der Waals surface area contributed by atoms with Gasteiger partial charge in [0.15, 0.2) is 5.13 Å². The van der Waals surface area contributed by atoms with E-state index in [0.717, 1.165) is 10.5 Å². The Kier molecular flexibility index (Phi) is 8.45. The third kappa shape index (κ3) is 6.86. The Labute approximate surface area is 230 Å². The number of carbonyl (C=O) groups excluding carboxylic acids is 2. The van der Waals surface area contributed by atoms with Gasteiger partial charge in [-0.2, -0.15) is 0 Å². The second-order valence-corrected chi connectivity index (χ2v) is 10.8. The van der Waals surface area contributed by atoms with Crippen LogP contribution in [0, 0.1) is 10.1 Å². The van der Waals surface area contributed by atoms with E-state index in [2.05, 4.69) is 15.6 Å². The SMILES string of the molecule is CC(Sc1ccc(NC(=O)c2ccc([N+](=O)[O-])cc2)cc1)C(=O)Nc1nc(-c2ccc(Cl)cc2Cl)cs1. The molecule has 0 aliphatic carbocycles. The summed E-state index contributed by atoms with van der Waals surface area (Å²) in [5.74, 6) is -0.589. The molecule has 0 aliphatic heterocycles. The molecule has 0 bridgehead atoms. The van der Waals surface area contributed by atoms with Gasteiger partial charge in [0.25, 0.3) is 11.6 Å². The third-order valence-corrected chi connectivity index (χ3v) is 7.49. The van der Waals surface area contributed by atoms with Crippen LogP contribution in [-0.4, -0.2) is 27.0 Å². The minimum atomic E-state index is -0.523. The van der Waals surface area contributed by atoms with Crippen LogP contribution < -0.4 is 10.6 Å². The number of carbonyl (C=O) groups is 2. The molecule has 1 atom stereocenters. The quantitative estimate of drug-likeness (QED) is 0.129. The lowest BCUT2D eigenvalue weighted by Crippen LogP contribution is -2.22. The highest BCUT2D eigenvalue weighted by atomic mass is 35.5. The Balaban J connectivity index is 1.32. The molecule has 4 rings (SSSR count). The van der Waals surface area contributed by atoms with Crippen molar-refractivity contribution < 1.29 is 14.5 Å². The van der Waals surface area contributed by atoms with Crippen molar-refractivity contribution in [1.29, 1.82) is 0 Å². The maximum Gasteiger partial charge on any atom is 0.269 e. The van der Waals surface area contributed by atoms with Gasteiger partial charge in [0.1, 0.15) is 0 Å². The molecule has 0 aliphatic rings. The summed E-state index contributed by atoms with van der Waals surface area (Å²) in [6, 6.07) is 17.5. The summed E-state index contributed by atoms with van der Waals surface area (Å²) < 4.78 is 0. The van der Waals surface area contributed by atoms with Crippen LogP contribution in [0.1, 0.15) is 17.3 Å². The fraction of sp³-hybridized carbons (Fsp3) is 0.0800. The summed E-state index contributed by atoms with van der Waals surface area (Å²) in [6.45, 7) is 1.79. The van der Waals surface area contributed by atoms with Gasteiger partial charge >= 0.3 is 0 Å². The van der Waals surface area contributed by atoms with Crippen molar-refractivity contribution in [2.24, 2.45) is 0 Å². The Morgan fingerprint density at radius 2 is 1.73 bits per heavy atom. The lowest BCUT2D eigenvalue weighted by atomic mass is 10.2. The van der Waals surface area contributed by atoms with E-state index in [9.17, 15) is 19.7 Å². The van der Waals surface area contributed by atoms with Crippen LogP contribution >= 0.6 is 46.3 Å². The molecule has 12 heteroatoms. The predicted octanol–water partition coefficient (Wildman–Crippen LogP) is 7.40. The summed E-state index contributed by atoms with van der Waals surface area (Å²) in [5, 5.41) is 19.2. The zero-order chi connectivity index (χ0) is 26.5. The molecule has 0 saturated carbocycles. The lowest BCUT2D eigenvalue weighted by molar-refractivity contribution is -0.384. The van der Waals surface area contributed by atoms with Crippen molar-refractivity contribution in [3.63, 3.8) is 0 Å². The molecule has 2 amide bonds. The number of halogens is 2. The number of hydrogen-bond acceptors (Lipinski definition) is 7. The monoisotopic (exact) mass is 572 g/mol. The number of anilines is 2. The Morgan fingerprint density at radius 1 is 1.03 bits per heavy atom. The molecular weight excluding hydrogens is 555 g/mol. The summed E-state index contributed by atoms with van der Waals surface area (Å²) in [6.07, 6.45) is 0. The molecule has 3 aromatic carbocycles. The average Bonchev–Trinajstić information content (AvgIpc) is 3.33. The van der Waals surface area contributed by atoms with E-state index in [0.29, 0.717) is 32.1 Å².